The van der Waals surface area contributed by atoms with Crippen molar-refractivity contribution in [2.45, 2.75) is 13.5 Å². The second-order valence-corrected chi connectivity index (χ2v) is 4.32. The number of hydrogen-bond acceptors (Lipinski definition) is 4. The Hall–Kier alpha value is -2.01. The van der Waals surface area contributed by atoms with E-state index in [1.807, 2.05) is 31.2 Å². The van der Waals surface area contributed by atoms with Gasteiger partial charge in [-0.05, 0) is 30.7 Å². The summed E-state index contributed by atoms with van der Waals surface area (Å²) in [6, 6.07) is 7.60. The van der Waals surface area contributed by atoms with Crippen LogP contribution in [-0.4, -0.2) is 15.0 Å². The van der Waals surface area contributed by atoms with E-state index in [1.54, 1.807) is 12.4 Å². The summed E-state index contributed by atoms with van der Waals surface area (Å²) >= 11 is 4.99. The van der Waals surface area contributed by atoms with E-state index in [0.29, 0.717) is 17.4 Å². The van der Waals surface area contributed by atoms with Crippen molar-refractivity contribution < 1.29 is 0 Å². The lowest BCUT2D eigenvalue weighted by Gasteiger charge is -2.10. The fourth-order valence-electron chi connectivity index (χ4n) is 1.62. The fourth-order valence-corrected chi connectivity index (χ4v) is 1.78. The van der Waals surface area contributed by atoms with E-state index in [9.17, 15) is 0 Å². The van der Waals surface area contributed by atoms with Gasteiger partial charge in [-0.2, -0.15) is 0 Å². The topological polar surface area (TPSA) is 63.8 Å². The van der Waals surface area contributed by atoms with Crippen LogP contribution in [0.25, 0.3) is 0 Å². The molecule has 0 saturated heterocycles. The lowest BCUT2D eigenvalue weighted by atomic mass is 10.2. The zero-order valence-electron chi connectivity index (χ0n) is 10.1. The van der Waals surface area contributed by atoms with Crippen molar-refractivity contribution in [2.24, 2.45) is 5.73 Å². The fraction of sp³-hybridized carbons (Fsp3) is 0.154. The van der Waals surface area contributed by atoms with Crippen LogP contribution in [0.4, 0.5) is 5.82 Å². The molecule has 2 aromatic heterocycles. The monoisotopic (exact) mass is 258 g/mol. The summed E-state index contributed by atoms with van der Waals surface area (Å²) in [6.45, 7) is 2.62. The van der Waals surface area contributed by atoms with Gasteiger partial charge in [0.15, 0.2) is 0 Å². The second-order valence-electron chi connectivity index (χ2n) is 3.88. The van der Waals surface area contributed by atoms with Gasteiger partial charge in [0, 0.05) is 12.4 Å². The SMILES string of the molecule is Cc1cccnc1CNc1ncccc1C(N)=S. The zero-order chi connectivity index (χ0) is 13.0. The highest BCUT2D eigenvalue weighted by Crippen LogP contribution is 2.13. The van der Waals surface area contributed by atoms with E-state index in [-0.39, 0.29) is 0 Å². The molecular formula is C13H14N4S. The molecule has 0 unspecified atom stereocenters. The summed E-state index contributed by atoms with van der Waals surface area (Å²) in [5.41, 5.74) is 8.52. The number of anilines is 1. The number of aromatic nitrogens is 2. The predicted octanol–water partition coefficient (Wildman–Crippen LogP) is 2.03. The largest absolute Gasteiger partial charge is 0.389 e. The van der Waals surface area contributed by atoms with Gasteiger partial charge in [0.2, 0.25) is 0 Å². The molecule has 2 heterocycles. The number of nitrogens with zero attached hydrogens (tertiary/aromatic N) is 2. The van der Waals surface area contributed by atoms with E-state index < -0.39 is 0 Å². The molecule has 0 bridgehead atoms. The Morgan fingerprint density at radius 1 is 1.28 bits per heavy atom. The Labute approximate surface area is 111 Å². The summed E-state index contributed by atoms with van der Waals surface area (Å²) in [5, 5.41) is 3.21. The van der Waals surface area contributed by atoms with Crippen LogP contribution < -0.4 is 11.1 Å². The number of aryl methyl sites for hydroxylation is 1. The molecule has 0 aliphatic heterocycles. The molecule has 92 valence electrons. The summed E-state index contributed by atoms with van der Waals surface area (Å²) < 4.78 is 0. The maximum Gasteiger partial charge on any atom is 0.136 e. The van der Waals surface area contributed by atoms with Gasteiger partial charge in [0.05, 0.1) is 17.8 Å². The molecule has 3 N–H and O–H groups in total. The van der Waals surface area contributed by atoms with Gasteiger partial charge in [0.1, 0.15) is 10.8 Å². The highest BCUT2D eigenvalue weighted by molar-refractivity contribution is 7.80. The first-order chi connectivity index (χ1) is 8.68. The summed E-state index contributed by atoms with van der Waals surface area (Å²) in [7, 11) is 0. The first-order valence-electron chi connectivity index (χ1n) is 5.57. The molecule has 0 aliphatic carbocycles. The molecule has 0 aromatic carbocycles. The van der Waals surface area contributed by atoms with Crippen molar-refractivity contribution in [2.75, 3.05) is 5.32 Å². The minimum absolute atomic E-state index is 0.336. The number of rotatable bonds is 4. The average molecular weight is 258 g/mol. The van der Waals surface area contributed by atoms with Crippen molar-refractivity contribution in [3.63, 3.8) is 0 Å². The van der Waals surface area contributed by atoms with Crippen LogP contribution in [-0.2, 0) is 6.54 Å². The summed E-state index contributed by atoms with van der Waals surface area (Å²) in [6.07, 6.45) is 3.48. The molecule has 0 aliphatic rings. The van der Waals surface area contributed by atoms with Gasteiger partial charge in [-0.1, -0.05) is 18.3 Å². The third-order valence-electron chi connectivity index (χ3n) is 2.61. The quantitative estimate of drug-likeness (QED) is 0.822. The van der Waals surface area contributed by atoms with Gasteiger partial charge in [-0.25, -0.2) is 4.98 Å². The molecule has 5 heteroatoms. The lowest BCUT2D eigenvalue weighted by Crippen LogP contribution is -2.14. The maximum atomic E-state index is 5.65. The third kappa shape index (κ3) is 2.81. The molecule has 0 fully saturated rings. The first-order valence-corrected chi connectivity index (χ1v) is 5.98. The lowest BCUT2D eigenvalue weighted by molar-refractivity contribution is 1.00. The van der Waals surface area contributed by atoms with Gasteiger partial charge in [-0.15, -0.1) is 0 Å². The van der Waals surface area contributed by atoms with Crippen LogP contribution >= 0.6 is 12.2 Å². The molecule has 0 saturated carbocycles. The van der Waals surface area contributed by atoms with Crippen LogP contribution in [0.5, 0.6) is 0 Å². The van der Waals surface area contributed by atoms with E-state index in [2.05, 4.69) is 15.3 Å². The maximum absolute atomic E-state index is 5.65. The number of pyridine rings is 2. The minimum atomic E-state index is 0.336. The van der Waals surface area contributed by atoms with Gasteiger partial charge >= 0.3 is 0 Å². The molecule has 0 atom stereocenters. The molecular weight excluding hydrogens is 244 g/mol. The van der Waals surface area contributed by atoms with Crippen molar-refractivity contribution >= 4 is 23.0 Å². The Balaban J connectivity index is 2.16. The molecule has 0 amide bonds. The van der Waals surface area contributed by atoms with Crippen molar-refractivity contribution in [3.8, 4) is 0 Å². The summed E-state index contributed by atoms with van der Waals surface area (Å²) in [4.78, 5) is 8.89. The van der Waals surface area contributed by atoms with Crippen molar-refractivity contribution in [1.82, 2.24) is 9.97 Å². The minimum Gasteiger partial charge on any atom is -0.389 e. The zero-order valence-corrected chi connectivity index (χ0v) is 10.9. The molecule has 0 radical (unpaired) electrons. The highest BCUT2D eigenvalue weighted by Gasteiger charge is 2.06. The Bertz CT molecular complexity index is 568. The van der Waals surface area contributed by atoms with Crippen LogP contribution in [0, 0.1) is 6.92 Å². The highest BCUT2D eigenvalue weighted by atomic mass is 32.1. The van der Waals surface area contributed by atoms with Crippen LogP contribution in [0.15, 0.2) is 36.7 Å². The van der Waals surface area contributed by atoms with Crippen molar-refractivity contribution in [3.05, 3.63) is 53.5 Å². The Morgan fingerprint density at radius 3 is 2.72 bits per heavy atom. The van der Waals surface area contributed by atoms with E-state index in [4.69, 9.17) is 18.0 Å². The van der Waals surface area contributed by atoms with Crippen molar-refractivity contribution in [1.29, 1.82) is 0 Å². The summed E-state index contributed by atoms with van der Waals surface area (Å²) in [5.74, 6) is 0.690. The molecule has 0 spiro atoms. The van der Waals surface area contributed by atoms with E-state index >= 15 is 0 Å². The Morgan fingerprint density at radius 2 is 2.00 bits per heavy atom. The number of nitrogens with two attached hydrogens (primary N) is 1. The number of thiocarbonyl (C=S) groups is 1. The first kappa shape index (κ1) is 12.4. The molecule has 18 heavy (non-hydrogen) atoms. The van der Waals surface area contributed by atoms with Gasteiger partial charge < -0.3 is 11.1 Å². The van der Waals surface area contributed by atoms with Crippen LogP contribution in [0.2, 0.25) is 0 Å². The standard InChI is InChI=1S/C13H14N4S/c1-9-4-2-6-15-11(9)8-17-13-10(12(14)18)5-3-7-16-13/h2-7H,8H2,1H3,(H2,14,18)(H,16,17). The van der Waals surface area contributed by atoms with Gasteiger partial charge in [-0.3, -0.25) is 4.98 Å². The molecule has 4 nitrogen and oxygen atoms in total. The van der Waals surface area contributed by atoms with Gasteiger partial charge in [0.25, 0.3) is 0 Å². The third-order valence-corrected chi connectivity index (χ3v) is 2.83. The second kappa shape index (κ2) is 5.55. The predicted molar refractivity (Wildman–Crippen MR) is 76.4 cm³/mol. The Kier molecular flexibility index (Phi) is 3.84. The average Bonchev–Trinajstić information content (AvgIpc) is 2.38. The molecule has 2 rings (SSSR count). The molecule has 2 aromatic rings. The van der Waals surface area contributed by atoms with Crippen LogP contribution in [0.3, 0.4) is 0 Å². The number of nitrogens with one attached hydrogen (secondary N) is 1. The van der Waals surface area contributed by atoms with Crippen LogP contribution in [0.1, 0.15) is 16.8 Å². The number of hydrogen-bond donors (Lipinski definition) is 2. The smallest absolute Gasteiger partial charge is 0.136 e. The normalized spacial score (nSPS) is 10.1. The van der Waals surface area contributed by atoms with E-state index in [0.717, 1.165) is 16.8 Å². The van der Waals surface area contributed by atoms with E-state index in [1.165, 1.54) is 0 Å².